The van der Waals surface area contributed by atoms with Gasteiger partial charge in [0.25, 0.3) is 0 Å². The number of hydrogen-bond donors (Lipinski definition) is 1. The molecule has 17 heavy (non-hydrogen) atoms. The van der Waals surface area contributed by atoms with Gasteiger partial charge < -0.3 is 10.1 Å². The molecule has 0 unspecified atom stereocenters. The molecule has 0 aliphatic heterocycles. The van der Waals surface area contributed by atoms with Crippen LogP contribution in [0.2, 0.25) is 0 Å². The maximum absolute atomic E-state index is 11.7. The van der Waals surface area contributed by atoms with Crippen molar-refractivity contribution in [2.24, 2.45) is 0 Å². The molecule has 0 aliphatic rings. The highest BCUT2D eigenvalue weighted by Gasteiger charge is 2.08. The lowest BCUT2D eigenvalue weighted by Gasteiger charge is -2.09. The van der Waals surface area contributed by atoms with Crippen LogP contribution in [0.25, 0.3) is 0 Å². The zero-order chi connectivity index (χ0) is 12.7. The first kappa shape index (κ1) is 13.5. The van der Waals surface area contributed by atoms with Crippen LogP contribution in [0.15, 0.2) is 30.9 Å². The van der Waals surface area contributed by atoms with Gasteiger partial charge in [0.1, 0.15) is 5.75 Å². The highest BCUT2D eigenvalue weighted by Crippen LogP contribution is 2.20. The standard InChI is InChI=1S/C14H19NO2/c1-4-7-15-10-13(16)9-12-8-11(2)5-6-14(12)17-3/h4-6,8,15H,1,7,9-10H2,2-3H3. The van der Waals surface area contributed by atoms with Crippen LogP contribution in [0.1, 0.15) is 11.1 Å². The van der Waals surface area contributed by atoms with Crippen LogP contribution < -0.4 is 10.1 Å². The molecule has 0 fully saturated rings. The van der Waals surface area contributed by atoms with Gasteiger partial charge in [0.15, 0.2) is 5.78 Å². The van der Waals surface area contributed by atoms with Crippen LogP contribution in [0, 0.1) is 6.92 Å². The minimum Gasteiger partial charge on any atom is -0.496 e. The molecule has 0 aliphatic carbocycles. The van der Waals surface area contributed by atoms with E-state index in [-0.39, 0.29) is 5.78 Å². The number of hydrogen-bond acceptors (Lipinski definition) is 3. The maximum Gasteiger partial charge on any atom is 0.151 e. The Kier molecular flexibility index (Phi) is 5.43. The minimum atomic E-state index is 0.149. The van der Waals surface area contributed by atoms with Crippen LogP contribution >= 0.6 is 0 Å². The Labute approximate surface area is 102 Å². The van der Waals surface area contributed by atoms with Gasteiger partial charge in [-0.2, -0.15) is 0 Å². The molecule has 3 nitrogen and oxygen atoms in total. The lowest BCUT2D eigenvalue weighted by molar-refractivity contribution is -0.117. The number of nitrogens with one attached hydrogen (secondary N) is 1. The van der Waals surface area contributed by atoms with Gasteiger partial charge in [-0.05, 0) is 13.0 Å². The molecule has 0 bridgehead atoms. The molecule has 0 spiro atoms. The second-order valence-corrected chi connectivity index (χ2v) is 3.95. The highest BCUT2D eigenvalue weighted by atomic mass is 16.5. The molecule has 1 aromatic carbocycles. The van der Waals surface area contributed by atoms with Gasteiger partial charge in [-0.1, -0.05) is 23.8 Å². The maximum atomic E-state index is 11.7. The predicted octanol–water partition coefficient (Wildman–Crippen LogP) is 1.89. The smallest absolute Gasteiger partial charge is 0.151 e. The lowest BCUT2D eigenvalue weighted by atomic mass is 10.0. The molecule has 0 amide bonds. The Hall–Kier alpha value is -1.61. The van der Waals surface area contributed by atoms with E-state index in [1.807, 2.05) is 25.1 Å². The fraction of sp³-hybridized carbons (Fsp3) is 0.357. The highest BCUT2D eigenvalue weighted by molar-refractivity contribution is 5.83. The van der Waals surface area contributed by atoms with Gasteiger partial charge in [0, 0.05) is 18.5 Å². The van der Waals surface area contributed by atoms with Crippen molar-refractivity contribution >= 4 is 5.78 Å². The summed E-state index contributed by atoms with van der Waals surface area (Å²) in [5, 5.41) is 3.00. The van der Waals surface area contributed by atoms with Crippen LogP contribution in [0.4, 0.5) is 0 Å². The third kappa shape index (κ3) is 4.41. The van der Waals surface area contributed by atoms with E-state index in [0.29, 0.717) is 19.5 Å². The second kappa shape index (κ2) is 6.86. The number of ketones is 1. The van der Waals surface area contributed by atoms with E-state index < -0.39 is 0 Å². The van der Waals surface area contributed by atoms with Crippen LogP contribution in [0.5, 0.6) is 5.75 Å². The van der Waals surface area contributed by atoms with Crippen LogP contribution in [-0.2, 0) is 11.2 Å². The summed E-state index contributed by atoms with van der Waals surface area (Å²) in [5.41, 5.74) is 2.07. The second-order valence-electron chi connectivity index (χ2n) is 3.95. The number of benzene rings is 1. The van der Waals surface area contributed by atoms with E-state index in [1.54, 1.807) is 13.2 Å². The molecule has 0 saturated carbocycles. The van der Waals surface area contributed by atoms with Crippen LogP contribution in [0.3, 0.4) is 0 Å². The zero-order valence-corrected chi connectivity index (χ0v) is 10.5. The summed E-state index contributed by atoms with van der Waals surface area (Å²) < 4.78 is 5.24. The molecular formula is C14H19NO2. The quantitative estimate of drug-likeness (QED) is 0.577. The number of rotatable bonds is 7. The van der Waals surface area contributed by atoms with Gasteiger partial charge in [-0.3, -0.25) is 4.79 Å². The monoisotopic (exact) mass is 233 g/mol. The van der Waals surface area contributed by atoms with Gasteiger partial charge in [0.2, 0.25) is 0 Å². The average Bonchev–Trinajstić information content (AvgIpc) is 2.29. The lowest BCUT2D eigenvalue weighted by Crippen LogP contribution is -2.24. The first-order chi connectivity index (χ1) is 8.17. The van der Waals surface area contributed by atoms with Crippen molar-refractivity contribution in [1.29, 1.82) is 0 Å². The summed E-state index contributed by atoms with van der Waals surface area (Å²) in [4.78, 5) is 11.7. The van der Waals surface area contributed by atoms with Crippen molar-refractivity contribution in [2.75, 3.05) is 20.2 Å². The average molecular weight is 233 g/mol. The third-order valence-corrected chi connectivity index (χ3v) is 2.43. The molecule has 0 aromatic heterocycles. The van der Waals surface area contributed by atoms with E-state index in [1.165, 1.54) is 0 Å². The molecule has 0 heterocycles. The Bertz CT molecular complexity index is 399. The first-order valence-electron chi connectivity index (χ1n) is 5.64. The summed E-state index contributed by atoms with van der Waals surface area (Å²) in [6, 6.07) is 5.86. The molecule has 1 rings (SSSR count). The van der Waals surface area contributed by atoms with Gasteiger partial charge in [-0.15, -0.1) is 6.58 Å². The predicted molar refractivity (Wildman–Crippen MR) is 69.5 cm³/mol. The third-order valence-electron chi connectivity index (χ3n) is 2.43. The molecule has 3 heteroatoms. The van der Waals surface area contributed by atoms with Crippen molar-refractivity contribution in [3.63, 3.8) is 0 Å². The Morgan fingerprint density at radius 3 is 2.94 bits per heavy atom. The summed E-state index contributed by atoms with van der Waals surface area (Å²) in [7, 11) is 1.62. The van der Waals surface area contributed by atoms with Crippen molar-refractivity contribution < 1.29 is 9.53 Å². The van der Waals surface area contributed by atoms with Crippen LogP contribution in [-0.4, -0.2) is 26.0 Å². The number of aryl methyl sites for hydroxylation is 1. The molecule has 0 radical (unpaired) electrons. The van der Waals surface area contributed by atoms with E-state index in [0.717, 1.165) is 16.9 Å². The number of carbonyl (C=O) groups excluding carboxylic acids is 1. The Morgan fingerprint density at radius 1 is 1.53 bits per heavy atom. The number of Topliss-reactive ketones (excluding diaryl/α,β-unsaturated/α-hetero) is 1. The van der Waals surface area contributed by atoms with E-state index in [4.69, 9.17) is 4.74 Å². The van der Waals surface area contributed by atoms with Gasteiger partial charge in [0.05, 0.1) is 13.7 Å². The fourth-order valence-corrected chi connectivity index (χ4v) is 1.63. The van der Waals surface area contributed by atoms with E-state index in [2.05, 4.69) is 11.9 Å². The molecule has 92 valence electrons. The van der Waals surface area contributed by atoms with Gasteiger partial charge in [-0.25, -0.2) is 0 Å². The van der Waals surface area contributed by atoms with E-state index >= 15 is 0 Å². The summed E-state index contributed by atoms with van der Waals surface area (Å²) in [6.45, 7) is 6.60. The number of carbonyl (C=O) groups is 1. The Balaban J connectivity index is 2.63. The van der Waals surface area contributed by atoms with E-state index in [9.17, 15) is 4.79 Å². The zero-order valence-electron chi connectivity index (χ0n) is 10.5. The SMILES string of the molecule is C=CCNCC(=O)Cc1cc(C)ccc1OC. The largest absolute Gasteiger partial charge is 0.496 e. The van der Waals surface area contributed by atoms with Crippen molar-refractivity contribution in [3.05, 3.63) is 42.0 Å². The van der Waals surface area contributed by atoms with Crippen molar-refractivity contribution in [3.8, 4) is 5.75 Å². The topological polar surface area (TPSA) is 38.3 Å². The Morgan fingerprint density at radius 2 is 2.29 bits per heavy atom. The molecule has 1 N–H and O–H groups in total. The first-order valence-corrected chi connectivity index (χ1v) is 5.64. The number of ether oxygens (including phenoxy) is 1. The van der Waals surface area contributed by atoms with Crippen molar-refractivity contribution in [2.45, 2.75) is 13.3 Å². The molecular weight excluding hydrogens is 214 g/mol. The van der Waals surface area contributed by atoms with Crippen molar-refractivity contribution in [1.82, 2.24) is 5.32 Å². The molecule has 0 atom stereocenters. The summed E-state index contributed by atoms with van der Waals surface area (Å²) in [6.07, 6.45) is 2.13. The van der Waals surface area contributed by atoms with Gasteiger partial charge >= 0.3 is 0 Å². The normalized spacial score (nSPS) is 10.0. The fourth-order valence-electron chi connectivity index (χ4n) is 1.63. The minimum absolute atomic E-state index is 0.149. The summed E-state index contributed by atoms with van der Waals surface area (Å²) >= 11 is 0. The number of methoxy groups -OCH3 is 1. The molecule has 0 saturated heterocycles. The summed E-state index contributed by atoms with van der Waals surface area (Å²) in [5.74, 6) is 0.920. The molecule has 1 aromatic rings.